The molecule has 0 aromatic heterocycles. The average Bonchev–Trinajstić information content (AvgIpc) is 2.63. The van der Waals surface area contributed by atoms with Crippen molar-refractivity contribution in [1.29, 1.82) is 0 Å². The SMILES string of the molecule is CNC1CCc2c(OC)ccc(F)c21. The van der Waals surface area contributed by atoms with E-state index in [1.165, 1.54) is 6.07 Å². The minimum atomic E-state index is -0.127. The van der Waals surface area contributed by atoms with Crippen molar-refractivity contribution in [2.45, 2.75) is 18.9 Å². The molecule has 0 aliphatic heterocycles. The fourth-order valence-corrected chi connectivity index (χ4v) is 2.16. The standard InChI is InChI=1S/C11H14FNO/c1-13-9-5-3-7-10(14-2)6-4-8(12)11(7)9/h4,6,9,13H,3,5H2,1-2H3. The fraction of sp³-hybridized carbons (Fsp3) is 0.455. The first-order valence-corrected chi connectivity index (χ1v) is 4.80. The number of halogens is 1. The molecule has 2 nitrogen and oxygen atoms in total. The highest BCUT2D eigenvalue weighted by molar-refractivity contribution is 5.45. The third-order valence-electron chi connectivity index (χ3n) is 2.86. The van der Waals surface area contributed by atoms with Gasteiger partial charge in [-0.1, -0.05) is 0 Å². The van der Waals surface area contributed by atoms with Crippen LogP contribution in [0.5, 0.6) is 5.75 Å². The molecule has 1 aromatic carbocycles. The number of hydrogen-bond acceptors (Lipinski definition) is 2. The average molecular weight is 195 g/mol. The first-order chi connectivity index (χ1) is 6.77. The molecule has 3 heteroatoms. The highest BCUT2D eigenvalue weighted by Gasteiger charge is 2.27. The second-order valence-corrected chi connectivity index (χ2v) is 3.52. The molecule has 0 fully saturated rings. The molecule has 0 saturated heterocycles. The monoisotopic (exact) mass is 195 g/mol. The van der Waals surface area contributed by atoms with Crippen LogP contribution in [0.25, 0.3) is 0 Å². The Morgan fingerprint density at radius 1 is 1.50 bits per heavy atom. The molecule has 0 radical (unpaired) electrons. The summed E-state index contributed by atoms with van der Waals surface area (Å²) in [6.45, 7) is 0. The topological polar surface area (TPSA) is 21.3 Å². The molecule has 1 unspecified atom stereocenters. The lowest BCUT2D eigenvalue weighted by molar-refractivity contribution is 0.409. The third kappa shape index (κ3) is 1.28. The molecule has 1 N–H and O–H groups in total. The Kier molecular flexibility index (Phi) is 2.42. The first-order valence-electron chi connectivity index (χ1n) is 4.80. The Labute approximate surface area is 83.1 Å². The summed E-state index contributed by atoms with van der Waals surface area (Å²) in [6, 6.07) is 3.32. The van der Waals surface area contributed by atoms with Gasteiger partial charge >= 0.3 is 0 Å². The number of fused-ring (bicyclic) bond motifs is 1. The molecule has 1 atom stereocenters. The minimum Gasteiger partial charge on any atom is -0.496 e. The Bertz CT molecular complexity index is 351. The molecule has 0 heterocycles. The molecule has 2 rings (SSSR count). The van der Waals surface area contributed by atoms with Crippen molar-refractivity contribution in [2.75, 3.05) is 14.2 Å². The van der Waals surface area contributed by atoms with E-state index in [1.54, 1.807) is 13.2 Å². The van der Waals surface area contributed by atoms with Crippen LogP contribution in [0.4, 0.5) is 4.39 Å². The van der Waals surface area contributed by atoms with Gasteiger partial charge in [0.2, 0.25) is 0 Å². The molecule has 0 spiro atoms. The lowest BCUT2D eigenvalue weighted by atomic mass is 10.1. The maximum absolute atomic E-state index is 13.5. The van der Waals surface area contributed by atoms with E-state index in [9.17, 15) is 4.39 Å². The molecule has 14 heavy (non-hydrogen) atoms. The van der Waals surface area contributed by atoms with Gasteiger partial charge in [-0.05, 0) is 32.0 Å². The van der Waals surface area contributed by atoms with E-state index in [1.807, 2.05) is 7.05 Å². The summed E-state index contributed by atoms with van der Waals surface area (Å²) >= 11 is 0. The van der Waals surface area contributed by atoms with Gasteiger partial charge < -0.3 is 10.1 Å². The molecule has 76 valence electrons. The van der Waals surface area contributed by atoms with Gasteiger partial charge in [-0.15, -0.1) is 0 Å². The largest absolute Gasteiger partial charge is 0.496 e. The van der Waals surface area contributed by atoms with E-state index >= 15 is 0 Å². The minimum absolute atomic E-state index is 0.127. The Morgan fingerprint density at radius 2 is 2.29 bits per heavy atom. The summed E-state index contributed by atoms with van der Waals surface area (Å²) in [5.74, 6) is 0.678. The Hall–Kier alpha value is -1.09. The van der Waals surface area contributed by atoms with E-state index < -0.39 is 0 Å². The van der Waals surface area contributed by atoms with Crippen LogP contribution >= 0.6 is 0 Å². The summed E-state index contributed by atoms with van der Waals surface area (Å²) in [4.78, 5) is 0. The van der Waals surface area contributed by atoms with Gasteiger partial charge in [0.05, 0.1) is 7.11 Å². The number of benzene rings is 1. The Morgan fingerprint density at radius 3 is 2.93 bits per heavy atom. The van der Waals surface area contributed by atoms with E-state index in [-0.39, 0.29) is 11.9 Å². The molecule has 1 aliphatic carbocycles. The van der Waals surface area contributed by atoms with Crippen LogP contribution < -0.4 is 10.1 Å². The zero-order valence-electron chi connectivity index (χ0n) is 8.43. The van der Waals surface area contributed by atoms with Crippen LogP contribution in [0.3, 0.4) is 0 Å². The molecular weight excluding hydrogens is 181 g/mol. The lowest BCUT2D eigenvalue weighted by Crippen LogP contribution is -2.14. The molecule has 1 aliphatic rings. The van der Waals surface area contributed by atoms with Crippen molar-refractivity contribution in [3.8, 4) is 5.75 Å². The number of ether oxygens (including phenoxy) is 1. The smallest absolute Gasteiger partial charge is 0.128 e. The highest BCUT2D eigenvalue weighted by atomic mass is 19.1. The first kappa shape index (κ1) is 9.46. The van der Waals surface area contributed by atoms with E-state index in [0.717, 1.165) is 29.7 Å². The molecule has 1 aromatic rings. The number of hydrogen-bond donors (Lipinski definition) is 1. The van der Waals surface area contributed by atoms with Crippen LogP contribution in [0.15, 0.2) is 12.1 Å². The number of nitrogens with one attached hydrogen (secondary N) is 1. The summed E-state index contributed by atoms with van der Waals surface area (Å²) in [5.41, 5.74) is 1.80. The predicted molar refractivity (Wildman–Crippen MR) is 53.1 cm³/mol. The van der Waals surface area contributed by atoms with E-state index in [0.29, 0.717) is 0 Å². The van der Waals surface area contributed by atoms with Gasteiger partial charge in [0.25, 0.3) is 0 Å². The summed E-state index contributed by atoms with van der Waals surface area (Å²) in [5, 5.41) is 3.12. The normalized spacial score (nSPS) is 19.5. The Balaban J connectivity index is 2.52. The quantitative estimate of drug-likeness (QED) is 0.779. The van der Waals surface area contributed by atoms with Gasteiger partial charge in [-0.3, -0.25) is 0 Å². The van der Waals surface area contributed by atoms with Crippen LogP contribution in [-0.4, -0.2) is 14.2 Å². The molecular formula is C11H14FNO. The predicted octanol–water partition coefficient (Wildman–Crippen LogP) is 2.04. The zero-order chi connectivity index (χ0) is 10.1. The van der Waals surface area contributed by atoms with Crippen molar-refractivity contribution >= 4 is 0 Å². The lowest BCUT2D eigenvalue weighted by Gasteiger charge is -2.12. The van der Waals surface area contributed by atoms with Crippen molar-refractivity contribution in [3.05, 3.63) is 29.1 Å². The van der Waals surface area contributed by atoms with Gasteiger partial charge in [-0.25, -0.2) is 4.39 Å². The van der Waals surface area contributed by atoms with Crippen LogP contribution in [-0.2, 0) is 6.42 Å². The van der Waals surface area contributed by atoms with Crippen molar-refractivity contribution in [3.63, 3.8) is 0 Å². The van der Waals surface area contributed by atoms with E-state index in [4.69, 9.17) is 4.74 Å². The summed E-state index contributed by atoms with van der Waals surface area (Å²) in [6.07, 6.45) is 1.84. The highest BCUT2D eigenvalue weighted by Crippen LogP contribution is 2.38. The molecule has 0 saturated carbocycles. The number of methoxy groups -OCH3 is 1. The van der Waals surface area contributed by atoms with E-state index in [2.05, 4.69) is 5.32 Å². The maximum Gasteiger partial charge on any atom is 0.128 e. The van der Waals surface area contributed by atoms with Crippen molar-refractivity contribution in [2.24, 2.45) is 0 Å². The molecule has 0 amide bonds. The fourth-order valence-electron chi connectivity index (χ4n) is 2.16. The van der Waals surface area contributed by atoms with Gasteiger partial charge in [0, 0.05) is 17.2 Å². The third-order valence-corrected chi connectivity index (χ3v) is 2.86. The maximum atomic E-state index is 13.5. The van der Waals surface area contributed by atoms with Crippen LogP contribution in [0, 0.1) is 5.82 Å². The van der Waals surface area contributed by atoms with Crippen LogP contribution in [0.1, 0.15) is 23.6 Å². The second-order valence-electron chi connectivity index (χ2n) is 3.52. The zero-order valence-corrected chi connectivity index (χ0v) is 8.43. The summed E-state index contributed by atoms with van der Waals surface area (Å²) in [7, 11) is 3.49. The van der Waals surface area contributed by atoms with Gasteiger partial charge in [0.15, 0.2) is 0 Å². The van der Waals surface area contributed by atoms with Gasteiger partial charge in [0.1, 0.15) is 11.6 Å². The van der Waals surface area contributed by atoms with Gasteiger partial charge in [-0.2, -0.15) is 0 Å². The summed E-state index contributed by atoms with van der Waals surface area (Å²) < 4.78 is 18.8. The van der Waals surface area contributed by atoms with Crippen molar-refractivity contribution < 1.29 is 9.13 Å². The molecule has 0 bridgehead atoms. The number of rotatable bonds is 2. The van der Waals surface area contributed by atoms with Crippen molar-refractivity contribution in [1.82, 2.24) is 5.32 Å². The van der Waals surface area contributed by atoms with Crippen LogP contribution in [0.2, 0.25) is 0 Å². The second kappa shape index (κ2) is 3.58.